The molecule has 1 aromatic rings. The maximum Gasteiger partial charge on any atom is 0.316 e. The zero-order valence-electron chi connectivity index (χ0n) is 8.69. The normalized spacial score (nSPS) is 10.9. The van der Waals surface area contributed by atoms with E-state index in [1.54, 1.807) is 6.92 Å². The van der Waals surface area contributed by atoms with E-state index in [1.165, 1.54) is 12.1 Å². The van der Waals surface area contributed by atoms with Gasteiger partial charge >= 0.3 is 10.5 Å². The van der Waals surface area contributed by atoms with Gasteiger partial charge in [-0.3, -0.25) is 4.55 Å². The Hall–Kier alpha value is -1.45. The standard InChI is InChI=1S/C8H9NO6S2/c1-2-15-7-4-3-6(9-16(10)11)5-8(7)17(12,13)14/h3-5H,2H2,1H3,(H,12,13,14). The summed E-state index contributed by atoms with van der Waals surface area (Å²) in [7, 11) is -7.20. The fraction of sp³-hybridized carbons (Fsp3) is 0.250. The summed E-state index contributed by atoms with van der Waals surface area (Å²) in [4.78, 5) is -0.522. The zero-order chi connectivity index (χ0) is 13.1. The fourth-order valence-corrected chi connectivity index (χ4v) is 2.05. The molecule has 0 bridgehead atoms. The monoisotopic (exact) mass is 279 g/mol. The third-order valence-electron chi connectivity index (χ3n) is 1.68. The molecule has 1 rings (SSSR count). The summed E-state index contributed by atoms with van der Waals surface area (Å²) in [5, 5.41) is 0. The molecule has 0 amide bonds. The first-order valence-corrected chi connectivity index (χ1v) is 6.87. The first-order chi connectivity index (χ1) is 7.84. The molecule has 0 aliphatic carbocycles. The van der Waals surface area contributed by atoms with Crippen LogP contribution in [-0.2, 0) is 20.6 Å². The van der Waals surface area contributed by atoms with Crippen LogP contribution in [0.1, 0.15) is 6.92 Å². The van der Waals surface area contributed by atoms with Crippen LogP contribution < -0.4 is 4.74 Å². The summed E-state index contributed by atoms with van der Waals surface area (Å²) in [6.07, 6.45) is 0. The second-order valence-corrected chi connectivity index (χ2v) is 4.85. The summed E-state index contributed by atoms with van der Waals surface area (Å²) >= 11 is 0. The molecule has 17 heavy (non-hydrogen) atoms. The number of hydrogen-bond acceptors (Lipinski definition) is 6. The van der Waals surface area contributed by atoms with Crippen molar-refractivity contribution in [2.75, 3.05) is 6.61 Å². The van der Waals surface area contributed by atoms with Crippen molar-refractivity contribution in [3.8, 4) is 5.75 Å². The molecular weight excluding hydrogens is 270 g/mol. The number of nitrogens with zero attached hydrogens (tertiary/aromatic N) is 1. The van der Waals surface area contributed by atoms with E-state index in [-0.39, 0.29) is 18.0 Å². The molecule has 0 heterocycles. The molecule has 0 atom stereocenters. The maximum atomic E-state index is 11.0. The highest BCUT2D eigenvalue weighted by Crippen LogP contribution is 2.28. The Kier molecular flexibility index (Phi) is 4.21. The van der Waals surface area contributed by atoms with Crippen molar-refractivity contribution < 1.29 is 26.1 Å². The van der Waals surface area contributed by atoms with Crippen molar-refractivity contribution >= 4 is 26.3 Å². The molecule has 0 spiro atoms. The Morgan fingerprint density at radius 1 is 1.41 bits per heavy atom. The van der Waals surface area contributed by atoms with E-state index in [1.807, 2.05) is 0 Å². The molecule has 1 aromatic carbocycles. The van der Waals surface area contributed by atoms with Gasteiger partial charge in [-0.2, -0.15) is 16.8 Å². The van der Waals surface area contributed by atoms with Crippen LogP contribution >= 0.6 is 0 Å². The molecule has 94 valence electrons. The van der Waals surface area contributed by atoms with Crippen molar-refractivity contribution in [1.29, 1.82) is 0 Å². The zero-order valence-corrected chi connectivity index (χ0v) is 10.3. The minimum absolute atomic E-state index is 0.0642. The van der Waals surface area contributed by atoms with Crippen LogP contribution in [0.2, 0.25) is 0 Å². The molecule has 0 saturated carbocycles. The number of benzene rings is 1. The Morgan fingerprint density at radius 2 is 2.06 bits per heavy atom. The summed E-state index contributed by atoms with van der Waals surface area (Å²) in [5.41, 5.74) is -0.116. The van der Waals surface area contributed by atoms with Gasteiger partial charge in [0.15, 0.2) is 0 Å². The van der Waals surface area contributed by atoms with Crippen LogP contribution in [0.3, 0.4) is 0 Å². The van der Waals surface area contributed by atoms with Gasteiger partial charge in [0.1, 0.15) is 10.6 Å². The summed E-state index contributed by atoms with van der Waals surface area (Å²) in [6.45, 7) is 1.84. The second kappa shape index (κ2) is 5.25. The van der Waals surface area contributed by atoms with Gasteiger partial charge in [0.25, 0.3) is 10.1 Å². The van der Waals surface area contributed by atoms with E-state index in [9.17, 15) is 16.8 Å². The molecular formula is C8H9NO6S2. The Balaban J connectivity index is 3.45. The van der Waals surface area contributed by atoms with E-state index in [0.29, 0.717) is 0 Å². The van der Waals surface area contributed by atoms with Crippen molar-refractivity contribution in [1.82, 2.24) is 0 Å². The van der Waals surface area contributed by atoms with Gasteiger partial charge in [0.2, 0.25) is 0 Å². The lowest BCUT2D eigenvalue weighted by Crippen LogP contribution is -2.03. The topological polar surface area (TPSA) is 110 Å². The van der Waals surface area contributed by atoms with Crippen LogP contribution in [0.5, 0.6) is 5.75 Å². The lowest BCUT2D eigenvalue weighted by molar-refractivity contribution is 0.329. The van der Waals surface area contributed by atoms with Crippen LogP contribution in [0, 0.1) is 0 Å². The van der Waals surface area contributed by atoms with Gasteiger partial charge in [-0.25, -0.2) is 0 Å². The van der Waals surface area contributed by atoms with Crippen molar-refractivity contribution in [3.63, 3.8) is 0 Å². The lowest BCUT2D eigenvalue weighted by Gasteiger charge is -2.07. The third-order valence-corrected chi connectivity index (χ3v) is 2.92. The van der Waals surface area contributed by atoms with Crippen molar-refractivity contribution in [3.05, 3.63) is 18.2 Å². The predicted octanol–water partition coefficient (Wildman–Crippen LogP) is 1.03. The highest BCUT2D eigenvalue weighted by molar-refractivity contribution is 7.86. The Morgan fingerprint density at radius 3 is 2.53 bits per heavy atom. The molecule has 0 unspecified atom stereocenters. The fourth-order valence-electron chi connectivity index (χ4n) is 1.12. The molecule has 0 aliphatic heterocycles. The van der Waals surface area contributed by atoms with Crippen molar-refractivity contribution in [2.45, 2.75) is 11.8 Å². The molecule has 0 radical (unpaired) electrons. The minimum atomic E-state index is -4.50. The lowest BCUT2D eigenvalue weighted by atomic mass is 10.3. The van der Waals surface area contributed by atoms with Crippen LogP contribution in [-0.4, -0.2) is 28.0 Å². The summed E-state index contributed by atoms with van der Waals surface area (Å²) in [6, 6.07) is 3.39. The largest absolute Gasteiger partial charge is 0.492 e. The molecule has 7 nitrogen and oxygen atoms in total. The van der Waals surface area contributed by atoms with E-state index in [2.05, 4.69) is 4.36 Å². The van der Waals surface area contributed by atoms with Gasteiger partial charge in [-0.15, -0.1) is 4.36 Å². The molecule has 0 fully saturated rings. The molecule has 0 aliphatic rings. The minimum Gasteiger partial charge on any atom is -0.492 e. The van der Waals surface area contributed by atoms with Gasteiger partial charge < -0.3 is 4.74 Å². The van der Waals surface area contributed by atoms with Crippen LogP contribution in [0.15, 0.2) is 27.5 Å². The third kappa shape index (κ3) is 3.80. The highest BCUT2D eigenvalue weighted by Gasteiger charge is 2.17. The van der Waals surface area contributed by atoms with E-state index >= 15 is 0 Å². The summed E-state index contributed by atoms with van der Waals surface area (Å²) < 4.78 is 59.8. The predicted molar refractivity (Wildman–Crippen MR) is 58.4 cm³/mol. The first kappa shape index (κ1) is 13.6. The quantitative estimate of drug-likeness (QED) is 0.824. The molecule has 0 aromatic heterocycles. The maximum absolute atomic E-state index is 11.0. The average molecular weight is 279 g/mol. The second-order valence-electron chi connectivity index (χ2n) is 2.85. The Labute approximate surface area is 99.5 Å². The van der Waals surface area contributed by atoms with Crippen LogP contribution in [0.4, 0.5) is 5.69 Å². The van der Waals surface area contributed by atoms with Gasteiger partial charge in [0, 0.05) is 0 Å². The van der Waals surface area contributed by atoms with Gasteiger partial charge in [0.05, 0.1) is 12.3 Å². The smallest absolute Gasteiger partial charge is 0.316 e. The molecule has 1 N–H and O–H groups in total. The van der Waals surface area contributed by atoms with E-state index in [0.717, 1.165) is 6.07 Å². The van der Waals surface area contributed by atoms with E-state index < -0.39 is 25.5 Å². The Bertz CT molecular complexity index is 639. The first-order valence-electron chi connectivity index (χ1n) is 4.40. The number of ether oxygens (including phenoxy) is 1. The average Bonchev–Trinajstić information content (AvgIpc) is 2.18. The van der Waals surface area contributed by atoms with E-state index in [4.69, 9.17) is 9.29 Å². The molecule has 0 saturated heterocycles. The van der Waals surface area contributed by atoms with Gasteiger partial charge in [-0.1, -0.05) is 0 Å². The number of hydrogen-bond donors (Lipinski definition) is 1. The van der Waals surface area contributed by atoms with Crippen LogP contribution in [0.25, 0.3) is 0 Å². The molecule has 9 heteroatoms. The van der Waals surface area contributed by atoms with Crippen molar-refractivity contribution in [2.24, 2.45) is 4.36 Å². The number of rotatable bonds is 4. The summed E-state index contributed by atoms with van der Waals surface area (Å²) in [5.74, 6) is -0.0642. The highest BCUT2D eigenvalue weighted by atomic mass is 32.2. The SMILES string of the molecule is CCOc1ccc(N=S(=O)=O)cc1S(=O)(=O)O. The van der Waals surface area contributed by atoms with Gasteiger partial charge in [-0.05, 0) is 25.1 Å².